The Morgan fingerprint density at radius 2 is 1.06 bits per heavy atom. The molecule has 4 heteroatoms. The van der Waals surface area contributed by atoms with E-state index in [2.05, 4.69) is 157 Å². The zero-order chi connectivity index (χ0) is 33.7. The van der Waals surface area contributed by atoms with Crippen molar-refractivity contribution in [3.8, 4) is 22.3 Å². The summed E-state index contributed by atoms with van der Waals surface area (Å²) in [6.07, 6.45) is -0.341. The van der Waals surface area contributed by atoms with Crippen molar-refractivity contribution in [3.05, 3.63) is 193 Å². The highest BCUT2D eigenvalue weighted by Crippen LogP contribution is 2.41. The third kappa shape index (κ3) is 5.17. The maximum Gasteiger partial charge on any atom is 0.160 e. The van der Waals surface area contributed by atoms with E-state index in [0.717, 1.165) is 66.4 Å². The van der Waals surface area contributed by atoms with Crippen molar-refractivity contribution < 1.29 is 4.42 Å². The lowest BCUT2D eigenvalue weighted by Crippen LogP contribution is -2.33. The van der Waals surface area contributed by atoms with Gasteiger partial charge in [0, 0.05) is 27.5 Å². The first-order chi connectivity index (χ1) is 25.2. The highest BCUT2D eigenvalue weighted by atomic mass is 16.3. The largest absolute Gasteiger partial charge is 0.455 e. The van der Waals surface area contributed by atoms with Gasteiger partial charge in [0.25, 0.3) is 0 Å². The van der Waals surface area contributed by atoms with Crippen LogP contribution in [0.3, 0.4) is 0 Å². The van der Waals surface area contributed by atoms with Crippen LogP contribution in [0.25, 0.3) is 65.7 Å². The first-order valence-corrected chi connectivity index (χ1v) is 17.3. The summed E-state index contributed by atoms with van der Waals surface area (Å²) in [6, 6.07) is 61.6. The predicted octanol–water partition coefficient (Wildman–Crippen LogP) is 11.7. The molecule has 0 bridgehead atoms. The maximum absolute atomic E-state index is 6.85. The Morgan fingerprint density at radius 1 is 0.471 bits per heavy atom. The van der Waals surface area contributed by atoms with E-state index in [1.165, 1.54) is 21.9 Å². The second-order valence-corrected chi connectivity index (χ2v) is 13.0. The fraction of sp³-hybridized carbons (Fsp3) is 0.0213. The van der Waals surface area contributed by atoms with Crippen LogP contribution in [0.15, 0.2) is 190 Å². The zero-order valence-electron chi connectivity index (χ0n) is 27.6. The molecule has 1 aromatic heterocycles. The number of benzene rings is 8. The summed E-state index contributed by atoms with van der Waals surface area (Å²) >= 11 is 0. The fourth-order valence-corrected chi connectivity index (χ4v) is 7.31. The molecule has 51 heavy (non-hydrogen) atoms. The summed E-state index contributed by atoms with van der Waals surface area (Å²) in [5.41, 5.74) is 9.15. The van der Waals surface area contributed by atoms with Crippen LogP contribution in [0.4, 0.5) is 0 Å². The van der Waals surface area contributed by atoms with E-state index in [0.29, 0.717) is 5.84 Å². The minimum absolute atomic E-state index is 0.341. The molecule has 0 saturated heterocycles. The lowest BCUT2D eigenvalue weighted by atomic mass is 9.95. The van der Waals surface area contributed by atoms with Gasteiger partial charge in [0.2, 0.25) is 0 Å². The van der Waals surface area contributed by atoms with Gasteiger partial charge in [-0.25, -0.2) is 9.98 Å². The van der Waals surface area contributed by atoms with E-state index in [9.17, 15) is 0 Å². The molecule has 1 unspecified atom stereocenters. The average Bonchev–Trinajstić information content (AvgIpc) is 3.58. The van der Waals surface area contributed by atoms with Crippen molar-refractivity contribution in [2.75, 3.05) is 0 Å². The molecule has 1 aliphatic rings. The molecule has 4 nitrogen and oxygen atoms in total. The topological polar surface area (TPSA) is 49.9 Å². The van der Waals surface area contributed by atoms with Crippen LogP contribution in [-0.4, -0.2) is 11.7 Å². The summed E-state index contributed by atoms with van der Waals surface area (Å²) in [6.45, 7) is 0. The van der Waals surface area contributed by atoms with Gasteiger partial charge in [-0.05, 0) is 74.1 Å². The third-order valence-corrected chi connectivity index (χ3v) is 9.91. The second-order valence-electron chi connectivity index (χ2n) is 13.0. The van der Waals surface area contributed by atoms with E-state index < -0.39 is 0 Å². The minimum Gasteiger partial charge on any atom is -0.455 e. The molecule has 240 valence electrons. The number of nitrogens with one attached hydrogen (secondary N) is 1. The molecule has 2 heterocycles. The van der Waals surface area contributed by atoms with Gasteiger partial charge in [0.05, 0.1) is 0 Å². The first kappa shape index (κ1) is 29.2. The Labute approximate surface area is 295 Å². The van der Waals surface area contributed by atoms with Crippen molar-refractivity contribution in [1.82, 2.24) is 5.32 Å². The van der Waals surface area contributed by atoms with Gasteiger partial charge in [0.15, 0.2) is 5.84 Å². The van der Waals surface area contributed by atoms with Crippen LogP contribution in [0.5, 0.6) is 0 Å². The molecule has 1 N–H and O–H groups in total. The summed E-state index contributed by atoms with van der Waals surface area (Å²) < 4.78 is 6.85. The van der Waals surface area contributed by atoms with Crippen LogP contribution in [0.1, 0.15) is 22.9 Å². The smallest absolute Gasteiger partial charge is 0.160 e. The number of amidine groups is 2. The normalized spacial score (nSPS) is 14.5. The molecule has 0 spiro atoms. The third-order valence-electron chi connectivity index (χ3n) is 9.91. The van der Waals surface area contributed by atoms with Crippen LogP contribution >= 0.6 is 0 Å². The highest BCUT2D eigenvalue weighted by molar-refractivity contribution is 6.24. The molecule has 8 aromatic carbocycles. The summed E-state index contributed by atoms with van der Waals surface area (Å²) in [4.78, 5) is 10.5. The van der Waals surface area contributed by atoms with Crippen molar-refractivity contribution in [2.24, 2.45) is 9.98 Å². The Bertz CT molecular complexity index is 2820. The van der Waals surface area contributed by atoms with Crippen molar-refractivity contribution in [2.45, 2.75) is 6.17 Å². The van der Waals surface area contributed by atoms with Gasteiger partial charge in [-0.15, -0.1) is 0 Å². The Morgan fingerprint density at radius 3 is 1.80 bits per heavy atom. The Hall–Kier alpha value is -6.78. The summed E-state index contributed by atoms with van der Waals surface area (Å²) in [5, 5.41) is 10.4. The van der Waals surface area contributed by atoms with Crippen LogP contribution in [-0.2, 0) is 0 Å². The van der Waals surface area contributed by atoms with E-state index in [-0.39, 0.29) is 6.17 Å². The molecule has 0 aliphatic carbocycles. The van der Waals surface area contributed by atoms with Crippen molar-refractivity contribution >= 4 is 55.2 Å². The lowest BCUT2D eigenvalue weighted by molar-refractivity contribution is 0.669. The van der Waals surface area contributed by atoms with Gasteiger partial charge >= 0.3 is 0 Å². The molecule has 0 saturated carbocycles. The number of hydrogen-bond acceptors (Lipinski definition) is 4. The Kier molecular flexibility index (Phi) is 6.85. The summed E-state index contributed by atoms with van der Waals surface area (Å²) in [7, 11) is 0. The standard InChI is InChI=1S/C47H31N3O/c1-3-11-30(12-4-1)32-19-22-34(23-20-32)46-48-45(33-14-5-2-6-15-33)49-47(50-46)40-26-25-39(38-24-21-31-13-7-8-16-35(31)27-38)44-43(40)41-28-36-17-9-10-18-37(36)29-42(41)51-44/h1-29,46H,(H,48,49,50). The fourth-order valence-electron chi connectivity index (χ4n) is 7.31. The molecule has 0 radical (unpaired) electrons. The van der Waals surface area contributed by atoms with Crippen LogP contribution in [0, 0.1) is 0 Å². The van der Waals surface area contributed by atoms with Crippen molar-refractivity contribution in [1.29, 1.82) is 0 Å². The molecule has 1 aliphatic heterocycles. The minimum atomic E-state index is -0.341. The van der Waals surface area contributed by atoms with Crippen LogP contribution in [0.2, 0.25) is 0 Å². The maximum atomic E-state index is 6.85. The molecule has 0 amide bonds. The SMILES string of the molecule is c1ccc(C2=NC(c3ccc(-c4ccc5ccccc5c4)c4oc5cc6ccccc6cc5c34)=NC(c3ccc(-c4ccccc4)cc3)N2)cc1. The monoisotopic (exact) mass is 653 g/mol. The first-order valence-electron chi connectivity index (χ1n) is 17.3. The zero-order valence-corrected chi connectivity index (χ0v) is 27.6. The van der Waals surface area contributed by atoms with Gasteiger partial charge < -0.3 is 9.73 Å². The van der Waals surface area contributed by atoms with Crippen LogP contribution < -0.4 is 5.32 Å². The molecular weight excluding hydrogens is 623 g/mol. The van der Waals surface area contributed by atoms with E-state index in [1.807, 2.05) is 24.3 Å². The van der Waals surface area contributed by atoms with Gasteiger partial charge in [-0.1, -0.05) is 146 Å². The van der Waals surface area contributed by atoms with Crippen molar-refractivity contribution in [3.63, 3.8) is 0 Å². The second kappa shape index (κ2) is 12.0. The molecule has 10 rings (SSSR count). The van der Waals surface area contributed by atoms with Gasteiger partial charge in [-0.3, -0.25) is 0 Å². The predicted molar refractivity (Wildman–Crippen MR) is 211 cm³/mol. The quantitative estimate of drug-likeness (QED) is 0.201. The number of hydrogen-bond donors (Lipinski definition) is 1. The van der Waals surface area contributed by atoms with Gasteiger partial charge in [-0.2, -0.15) is 0 Å². The molecule has 0 fully saturated rings. The average molecular weight is 654 g/mol. The van der Waals surface area contributed by atoms with Gasteiger partial charge in [0.1, 0.15) is 23.2 Å². The van der Waals surface area contributed by atoms with E-state index in [4.69, 9.17) is 14.4 Å². The number of rotatable bonds is 5. The summed E-state index contributed by atoms with van der Waals surface area (Å²) in [5.74, 6) is 1.44. The Balaban J connectivity index is 1.19. The number of furan rings is 1. The lowest BCUT2D eigenvalue weighted by Gasteiger charge is -2.24. The highest BCUT2D eigenvalue weighted by Gasteiger charge is 2.25. The molecular formula is C47H31N3O. The number of aliphatic imine (C=N–C) groups is 2. The molecule has 1 atom stereocenters. The number of nitrogens with zero attached hydrogens (tertiary/aromatic N) is 2. The number of fused-ring (bicyclic) bond motifs is 5. The van der Waals surface area contributed by atoms with E-state index in [1.54, 1.807) is 0 Å². The van der Waals surface area contributed by atoms with E-state index >= 15 is 0 Å². The molecule has 9 aromatic rings.